The first-order valence-electron chi connectivity index (χ1n) is 5.83. The van der Waals surface area contributed by atoms with E-state index in [0.717, 1.165) is 4.90 Å². The molecule has 0 aliphatic carbocycles. The molecule has 0 spiro atoms. The van der Waals surface area contributed by atoms with Crippen LogP contribution in [0.4, 0.5) is 0 Å². The van der Waals surface area contributed by atoms with Crippen molar-refractivity contribution in [1.82, 2.24) is 4.90 Å². The Hall–Kier alpha value is -2.27. The molecule has 5 nitrogen and oxygen atoms in total. The van der Waals surface area contributed by atoms with E-state index in [4.69, 9.17) is 11.6 Å². The van der Waals surface area contributed by atoms with Crippen LogP contribution in [0.5, 0.6) is 0 Å². The molecule has 6 heteroatoms. The third-order valence-electron chi connectivity index (χ3n) is 2.90. The van der Waals surface area contributed by atoms with Gasteiger partial charge < -0.3 is 0 Å². The molecule has 102 valence electrons. The van der Waals surface area contributed by atoms with Gasteiger partial charge in [-0.3, -0.25) is 24.5 Å². The Morgan fingerprint density at radius 3 is 2.30 bits per heavy atom. The number of rotatable bonds is 4. The van der Waals surface area contributed by atoms with Crippen LogP contribution in [-0.2, 0) is 0 Å². The average molecular weight is 290 g/mol. The summed E-state index contributed by atoms with van der Waals surface area (Å²) in [4.78, 5) is 33.0. The number of nitrogens with zero attached hydrogens (tertiary/aromatic N) is 3. The summed E-state index contributed by atoms with van der Waals surface area (Å²) in [6.45, 7) is 3.42. The van der Waals surface area contributed by atoms with Crippen molar-refractivity contribution in [2.75, 3.05) is 13.6 Å². The summed E-state index contributed by atoms with van der Waals surface area (Å²) >= 11 is 5.78. The average Bonchev–Trinajstić information content (AvgIpc) is 2.71. The Kier molecular flexibility index (Phi) is 4.10. The second-order valence-corrected chi connectivity index (χ2v) is 4.47. The normalized spacial score (nSPS) is 15.6. The zero-order valence-electron chi connectivity index (χ0n) is 10.8. The Bertz CT molecular complexity index is 615. The van der Waals surface area contributed by atoms with Gasteiger partial charge in [-0.2, -0.15) is 0 Å². The van der Waals surface area contributed by atoms with Crippen molar-refractivity contribution in [3.63, 3.8) is 0 Å². The number of benzene rings is 1. The van der Waals surface area contributed by atoms with Crippen molar-refractivity contribution in [2.45, 2.75) is 0 Å². The van der Waals surface area contributed by atoms with Gasteiger partial charge in [0, 0.05) is 7.05 Å². The zero-order chi connectivity index (χ0) is 14.7. The second-order valence-electron chi connectivity index (χ2n) is 4.08. The molecule has 0 saturated heterocycles. The minimum atomic E-state index is -0.343. The molecule has 0 atom stereocenters. The van der Waals surface area contributed by atoms with Crippen LogP contribution in [0.15, 0.2) is 46.0 Å². The molecule has 0 unspecified atom stereocenters. The highest BCUT2D eigenvalue weighted by molar-refractivity contribution is 6.68. The Morgan fingerprint density at radius 1 is 1.30 bits per heavy atom. The van der Waals surface area contributed by atoms with Gasteiger partial charge in [0.1, 0.15) is 5.17 Å². The number of amides is 2. The molecule has 1 heterocycles. The minimum absolute atomic E-state index is 0.0155. The van der Waals surface area contributed by atoms with Crippen LogP contribution in [0.1, 0.15) is 20.7 Å². The molecule has 1 aromatic carbocycles. The molecular formula is C14H12ClN3O2. The monoisotopic (exact) mass is 289 g/mol. The second kappa shape index (κ2) is 5.79. The summed E-state index contributed by atoms with van der Waals surface area (Å²) in [5.41, 5.74) is 1.20. The maximum atomic E-state index is 12.2. The van der Waals surface area contributed by atoms with Crippen LogP contribution in [0.3, 0.4) is 0 Å². The smallest absolute Gasteiger partial charge is 0.261 e. The molecular weight excluding hydrogens is 278 g/mol. The van der Waals surface area contributed by atoms with Crippen LogP contribution in [0.25, 0.3) is 0 Å². The van der Waals surface area contributed by atoms with Crippen molar-refractivity contribution in [1.29, 1.82) is 0 Å². The standard InChI is InChI=1S/C14H12ClN3O2/c1-16-9(7-12(15)17-2)8-18-13(19)10-5-3-4-6-11(10)14(18)20/h3-7H,1,8H2,2H3/b9-7-,17-12+. The summed E-state index contributed by atoms with van der Waals surface area (Å²) in [6, 6.07) is 6.69. The molecule has 0 N–H and O–H groups in total. The van der Waals surface area contributed by atoms with Crippen molar-refractivity contribution in [3.05, 3.63) is 47.2 Å². The topological polar surface area (TPSA) is 62.1 Å². The van der Waals surface area contributed by atoms with E-state index in [9.17, 15) is 9.59 Å². The molecule has 2 amide bonds. The lowest BCUT2D eigenvalue weighted by Crippen LogP contribution is -2.31. The van der Waals surface area contributed by atoms with Crippen molar-refractivity contribution >= 4 is 35.3 Å². The van der Waals surface area contributed by atoms with Gasteiger partial charge >= 0.3 is 0 Å². The molecule has 0 saturated carbocycles. The van der Waals surface area contributed by atoms with E-state index in [1.165, 1.54) is 13.1 Å². The summed E-state index contributed by atoms with van der Waals surface area (Å²) in [6.07, 6.45) is 1.47. The summed E-state index contributed by atoms with van der Waals surface area (Å²) < 4.78 is 0. The highest BCUT2D eigenvalue weighted by Gasteiger charge is 2.35. The number of carbonyl (C=O) groups excluding carboxylic acids is 2. The quantitative estimate of drug-likeness (QED) is 0.630. The SMILES string of the molecule is C=N/C(=C\C(Cl)=N/C)CN1C(=O)c2ccccc2C1=O. The lowest BCUT2D eigenvalue weighted by atomic mass is 10.1. The van der Waals surface area contributed by atoms with Gasteiger partial charge in [-0.1, -0.05) is 23.7 Å². The molecule has 0 fully saturated rings. The van der Waals surface area contributed by atoms with Crippen molar-refractivity contribution < 1.29 is 9.59 Å². The number of hydrogen-bond acceptors (Lipinski definition) is 4. The molecule has 0 radical (unpaired) electrons. The predicted octanol–water partition coefficient (Wildman–Crippen LogP) is 2.13. The molecule has 1 aliphatic heterocycles. The van der Waals surface area contributed by atoms with Crippen molar-refractivity contribution in [2.24, 2.45) is 9.98 Å². The lowest BCUT2D eigenvalue weighted by molar-refractivity contribution is 0.0668. The van der Waals surface area contributed by atoms with Gasteiger partial charge in [0.05, 0.1) is 23.4 Å². The molecule has 1 aromatic rings. The fourth-order valence-electron chi connectivity index (χ4n) is 1.89. The summed E-state index contributed by atoms with van der Waals surface area (Å²) in [7, 11) is 1.53. The van der Waals surface area contributed by atoms with E-state index in [2.05, 4.69) is 16.7 Å². The Balaban J connectivity index is 2.28. The highest BCUT2D eigenvalue weighted by Crippen LogP contribution is 2.23. The maximum Gasteiger partial charge on any atom is 0.261 e. The van der Waals surface area contributed by atoms with Crippen LogP contribution in [0.2, 0.25) is 0 Å². The van der Waals surface area contributed by atoms with Crippen LogP contribution >= 0.6 is 11.6 Å². The third kappa shape index (κ3) is 2.53. The fraction of sp³-hybridized carbons (Fsp3) is 0.143. The zero-order valence-corrected chi connectivity index (χ0v) is 11.6. The number of aliphatic imine (C=N–C) groups is 2. The highest BCUT2D eigenvalue weighted by atomic mass is 35.5. The van der Waals surface area contributed by atoms with Gasteiger partial charge in [-0.25, -0.2) is 0 Å². The fourth-order valence-corrected chi connectivity index (χ4v) is 2.01. The van der Waals surface area contributed by atoms with Gasteiger partial charge in [0.15, 0.2) is 0 Å². The van der Waals surface area contributed by atoms with E-state index in [1.807, 2.05) is 0 Å². The van der Waals surface area contributed by atoms with E-state index in [-0.39, 0.29) is 23.5 Å². The van der Waals surface area contributed by atoms with E-state index < -0.39 is 0 Å². The van der Waals surface area contributed by atoms with Crippen LogP contribution in [0, 0.1) is 0 Å². The maximum absolute atomic E-state index is 12.2. The number of carbonyl (C=O) groups is 2. The van der Waals surface area contributed by atoms with Crippen molar-refractivity contribution in [3.8, 4) is 0 Å². The molecule has 0 bridgehead atoms. The molecule has 0 aromatic heterocycles. The number of allylic oxidation sites excluding steroid dienone is 1. The molecule has 1 aliphatic rings. The lowest BCUT2D eigenvalue weighted by Gasteiger charge is -2.13. The first-order chi connectivity index (χ1) is 9.58. The number of hydrogen-bond donors (Lipinski definition) is 0. The number of imide groups is 1. The van der Waals surface area contributed by atoms with E-state index in [0.29, 0.717) is 16.8 Å². The summed E-state index contributed by atoms with van der Waals surface area (Å²) in [5.74, 6) is -0.686. The largest absolute Gasteiger partial charge is 0.276 e. The van der Waals surface area contributed by atoms with Crippen LogP contribution < -0.4 is 0 Å². The van der Waals surface area contributed by atoms with E-state index in [1.54, 1.807) is 24.3 Å². The first-order valence-corrected chi connectivity index (χ1v) is 6.21. The molecule has 20 heavy (non-hydrogen) atoms. The predicted molar refractivity (Wildman–Crippen MR) is 78.7 cm³/mol. The minimum Gasteiger partial charge on any atom is -0.276 e. The molecule has 2 rings (SSSR count). The first kappa shape index (κ1) is 14.1. The third-order valence-corrected chi connectivity index (χ3v) is 3.18. The Labute approximate surface area is 121 Å². The van der Waals surface area contributed by atoms with Gasteiger partial charge in [0.2, 0.25) is 0 Å². The summed E-state index contributed by atoms with van der Waals surface area (Å²) in [5, 5.41) is 0.226. The number of halogens is 1. The Morgan fingerprint density at radius 2 is 1.85 bits per heavy atom. The number of fused-ring (bicyclic) bond motifs is 1. The van der Waals surface area contributed by atoms with Gasteiger partial charge in [-0.05, 0) is 24.9 Å². The van der Waals surface area contributed by atoms with E-state index >= 15 is 0 Å². The van der Waals surface area contributed by atoms with Gasteiger partial charge in [-0.15, -0.1) is 0 Å². The van der Waals surface area contributed by atoms with Gasteiger partial charge in [0.25, 0.3) is 11.8 Å². The van der Waals surface area contributed by atoms with Crippen LogP contribution in [-0.4, -0.2) is 42.2 Å².